The molecule has 32 heavy (non-hydrogen) atoms. The highest BCUT2D eigenvalue weighted by Gasteiger charge is 2.52. The minimum absolute atomic E-state index is 0.105. The smallest absolute Gasteiger partial charge is 0.322 e. The normalized spacial score (nSPS) is 17.8. The Hall–Kier alpha value is -2.71. The van der Waals surface area contributed by atoms with Crippen LogP contribution in [0.4, 0.5) is 4.79 Å². The number of carbonyl (C=O) groups is 3. The van der Waals surface area contributed by atoms with Crippen molar-refractivity contribution >= 4 is 29.2 Å². The van der Waals surface area contributed by atoms with Crippen molar-refractivity contribution in [2.45, 2.75) is 57.5 Å². The van der Waals surface area contributed by atoms with E-state index in [0.717, 1.165) is 30.7 Å². The monoisotopic (exact) mass is 454 g/mol. The molecule has 1 aromatic heterocycles. The van der Waals surface area contributed by atoms with Crippen molar-refractivity contribution in [2.75, 3.05) is 13.1 Å². The quantitative estimate of drug-likeness (QED) is 0.599. The number of hydrogen-bond donors (Lipinski definition) is 2. The van der Waals surface area contributed by atoms with Gasteiger partial charge in [0.2, 0.25) is 0 Å². The molecule has 2 aliphatic rings. The zero-order chi connectivity index (χ0) is 22.6. The molecule has 2 heterocycles. The van der Waals surface area contributed by atoms with Gasteiger partial charge in [0.15, 0.2) is 0 Å². The summed E-state index contributed by atoms with van der Waals surface area (Å²) in [5.41, 5.74) is 2.92. The molecule has 1 aliphatic heterocycles. The minimum Gasteiger partial charge on any atom is -0.322 e. The lowest BCUT2D eigenvalue weighted by atomic mass is 9.82. The van der Waals surface area contributed by atoms with Crippen molar-refractivity contribution in [3.8, 4) is 0 Å². The Morgan fingerprint density at radius 1 is 1.12 bits per heavy atom. The molecule has 4 rings (SSSR count). The van der Waals surface area contributed by atoms with Crippen LogP contribution in [0, 0.1) is 6.92 Å². The van der Waals surface area contributed by atoms with Crippen LogP contribution in [0.3, 0.4) is 0 Å². The fourth-order valence-corrected chi connectivity index (χ4v) is 5.45. The molecule has 1 aromatic carbocycles. The summed E-state index contributed by atoms with van der Waals surface area (Å²) in [7, 11) is 0. The first-order valence-corrected chi connectivity index (χ1v) is 12.0. The molecular weight excluding hydrogens is 424 g/mol. The van der Waals surface area contributed by atoms with E-state index in [1.54, 1.807) is 11.3 Å². The molecule has 1 aliphatic carbocycles. The third-order valence-corrected chi connectivity index (χ3v) is 7.19. The zero-order valence-corrected chi connectivity index (χ0v) is 19.2. The van der Waals surface area contributed by atoms with E-state index < -0.39 is 11.6 Å². The Balaban J connectivity index is 1.39. The van der Waals surface area contributed by atoms with Crippen LogP contribution in [0.5, 0.6) is 0 Å². The van der Waals surface area contributed by atoms with Crippen LogP contribution in [0.25, 0.3) is 0 Å². The molecule has 0 bridgehead atoms. The third kappa shape index (κ3) is 5.19. The molecule has 2 N–H and O–H groups in total. The van der Waals surface area contributed by atoms with E-state index in [2.05, 4.69) is 46.8 Å². The van der Waals surface area contributed by atoms with Crippen molar-refractivity contribution in [1.29, 1.82) is 0 Å². The maximum atomic E-state index is 12.9. The van der Waals surface area contributed by atoms with Gasteiger partial charge in [-0.1, -0.05) is 49.6 Å². The fourth-order valence-electron chi connectivity index (χ4n) is 4.52. The highest BCUT2D eigenvalue weighted by Crippen LogP contribution is 2.33. The lowest BCUT2D eigenvalue weighted by molar-refractivity contribution is -0.140. The van der Waals surface area contributed by atoms with Gasteiger partial charge < -0.3 is 5.32 Å². The van der Waals surface area contributed by atoms with Gasteiger partial charge in [0, 0.05) is 22.8 Å². The zero-order valence-electron chi connectivity index (χ0n) is 18.4. The molecule has 7 nitrogen and oxygen atoms in total. The van der Waals surface area contributed by atoms with Gasteiger partial charge in [-0.3, -0.25) is 19.9 Å². The number of rotatable bonds is 8. The fraction of sp³-hybridized carbons (Fsp3) is 0.458. The van der Waals surface area contributed by atoms with Crippen molar-refractivity contribution < 1.29 is 14.4 Å². The summed E-state index contributed by atoms with van der Waals surface area (Å²) in [5, 5.41) is 3.72. The Labute approximate surface area is 192 Å². The highest BCUT2D eigenvalue weighted by molar-refractivity contribution is 7.11. The van der Waals surface area contributed by atoms with Gasteiger partial charge in [-0.05, 0) is 43.9 Å². The minimum atomic E-state index is -0.843. The molecule has 2 aromatic rings. The maximum Gasteiger partial charge on any atom is 0.344 e. The Bertz CT molecular complexity index is 969. The number of aryl methyl sites for hydroxylation is 1. The summed E-state index contributed by atoms with van der Waals surface area (Å²) in [6.45, 7) is 3.50. The number of benzene rings is 1. The van der Waals surface area contributed by atoms with Gasteiger partial charge in [-0.25, -0.2) is 4.79 Å². The molecule has 0 atom stereocenters. The van der Waals surface area contributed by atoms with E-state index in [1.165, 1.54) is 15.3 Å². The van der Waals surface area contributed by atoms with Crippen molar-refractivity contribution in [2.24, 2.45) is 0 Å². The summed E-state index contributed by atoms with van der Waals surface area (Å²) in [6.07, 6.45) is 4.94. The summed E-state index contributed by atoms with van der Waals surface area (Å²) >= 11 is 1.71. The van der Waals surface area contributed by atoms with Crippen molar-refractivity contribution in [1.82, 2.24) is 20.7 Å². The third-order valence-electron chi connectivity index (χ3n) is 6.21. The standard InChI is InChI=1S/C24H30N4O3S/c1-18-10-11-20(32-18)16-27(15-12-19-8-4-2-5-9-19)17-21(29)26-28-22(30)24(25-23(28)31)13-6-3-7-14-24/h2,4-5,8-11H,3,6-7,12-17H2,1H3,(H,25,31)(H,26,29). The summed E-state index contributed by atoms with van der Waals surface area (Å²) < 4.78 is 0. The van der Waals surface area contributed by atoms with Crippen molar-refractivity contribution in [3.05, 3.63) is 57.8 Å². The topological polar surface area (TPSA) is 81.8 Å². The van der Waals surface area contributed by atoms with Crippen LogP contribution >= 0.6 is 11.3 Å². The van der Waals surface area contributed by atoms with E-state index in [1.807, 2.05) is 18.2 Å². The molecular formula is C24H30N4O3S. The number of nitrogens with one attached hydrogen (secondary N) is 2. The van der Waals surface area contributed by atoms with Crippen molar-refractivity contribution in [3.63, 3.8) is 0 Å². The first kappa shape index (κ1) is 22.5. The molecule has 0 radical (unpaired) electrons. The molecule has 8 heteroatoms. The van der Waals surface area contributed by atoms with Gasteiger partial charge in [0.05, 0.1) is 6.54 Å². The van der Waals surface area contributed by atoms with Gasteiger partial charge in [0.25, 0.3) is 11.8 Å². The van der Waals surface area contributed by atoms with E-state index in [0.29, 0.717) is 25.9 Å². The highest BCUT2D eigenvalue weighted by atomic mass is 32.1. The average Bonchev–Trinajstić information content (AvgIpc) is 3.29. The molecule has 1 spiro atoms. The summed E-state index contributed by atoms with van der Waals surface area (Å²) in [5.74, 6) is -0.692. The van der Waals surface area contributed by atoms with E-state index in [4.69, 9.17) is 0 Å². The van der Waals surface area contributed by atoms with Crippen LogP contribution in [-0.2, 0) is 22.6 Å². The Morgan fingerprint density at radius 3 is 2.56 bits per heavy atom. The number of imide groups is 1. The predicted octanol–water partition coefficient (Wildman–Crippen LogP) is 3.39. The van der Waals surface area contributed by atoms with Gasteiger partial charge in [0.1, 0.15) is 5.54 Å². The second-order valence-electron chi connectivity index (χ2n) is 8.71. The number of amides is 4. The molecule has 0 unspecified atom stereocenters. The number of nitrogens with zero attached hydrogens (tertiary/aromatic N) is 2. The largest absolute Gasteiger partial charge is 0.344 e. The van der Waals surface area contributed by atoms with Crippen LogP contribution in [0.1, 0.15) is 47.4 Å². The number of urea groups is 1. The van der Waals surface area contributed by atoms with Crippen LogP contribution in [0.2, 0.25) is 0 Å². The van der Waals surface area contributed by atoms with Gasteiger partial charge in [-0.15, -0.1) is 11.3 Å². The number of carbonyl (C=O) groups excluding carboxylic acids is 3. The van der Waals surface area contributed by atoms with Crippen LogP contribution in [-0.4, -0.2) is 46.4 Å². The second-order valence-corrected chi connectivity index (χ2v) is 10.1. The molecule has 1 saturated carbocycles. The lowest BCUT2D eigenvalue weighted by Crippen LogP contribution is -2.52. The average molecular weight is 455 g/mol. The second kappa shape index (κ2) is 9.83. The first-order chi connectivity index (χ1) is 15.4. The van der Waals surface area contributed by atoms with Gasteiger partial charge in [-0.2, -0.15) is 5.01 Å². The van der Waals surface area contributed by atoms with E-state index in [9.17, 15) is 14.4 Å². The van der Waals surface area contributed by atoms with E-state index >= 15 is 0 Å². The maximum absolute atomic E-state index is 12.9. The Kier molecular flexibility index (Phi) is 6.91. The van der Waals surface area contributed by atoms with Gasteiger partial charge >= 0.3 is 6.03 Å². The number of hydrazine groups is 1. The van der Waals surface area contributed by atoms with Crippen LogP contribution in [0.15, 0.2) is 42.5 Å². The number of hydrogen-bond acceptors (Lipinski definition) is 5. The number of thiophene rings is 1. The van der Waals surface area contributed by atoms with Crippen LogP contribution < -0.4 is 10.7 Å². The SMILES string of the molecule is Cc1ccc(CN(CCc2ccccc2)CC(=O)NN2C(=O)NC3(CCCCC3)C2=O)s1. The molecule has 1 saturated heterocycles. The molecule has 170 valence electrons. The summed E-state index contributed by atoms with van der Waals surface area (Å²) in [4.78, 5) is 42.7. The lowest BCUT2D eigenvalue weighted by Gasteiger charge is -2.30. The summed E-state index contributed by atoms with van der Waals surface area (Å²) in [6, 6.07) is 13.8. The predicted molar refractivity (Wildman–Crippen MR) is 124 cm³/mol. The Morgan fingerprint density at radius 2 is 1.88 bits per heavy atom. The molecule has 4 amide bonds. The van der Waals surface area contributed by atoms with E-state index in [-0.39, 0.29) is 18.4 Å². The molecule has 2 fully saturated rings. The first-order valence-electron chi connectivity index (χ1n) is 11.2.